The second kappa shape index (κ2) is 3.21. The zero-order valence-corrected chi connectivity index (χ0v) is 8.54. The summed E-state index contributed by atoms with van der Waals surface area (Å²) in [6.45, 7) is 8.58. The van der Waals surface area contributed by atoms with Crippen molar-refractivity contribution in [2.24, 2.45) is 17.3 Å². The number of hydrogen-bond acceptors (Lipinski definition) is 1. The van der Waals surface area contributed by atoms with Crippen LogP contribution < -0.4 is 0 Å². The highest BCUT2D eigenvalue weighted by molar-refractivity contribution is 5.03. The number of aliphatic hydroxyl groups is 1. The summed E-state index contributed by atoms with van der Waals surface area (Å²) >= 11 is 0. The smallest absolute Gasteiger partial charge is 0.0551 e. The SMILES string of the molecule is CC(O)C1C(C)C=CCC1(C)C. The molecule has 0 radical (unpaired) electrons. The van der Waals surface area contributed by atoms with Crippen LogP contribution in [0.25, 0.3) is 0 Å². The maximum Gasteiger partial charge on any atom is 0.0551 e. The second-order valence-corrected chi connectivity index (χ2v) is 4.75. The quantitative estimate of drug-likeness (QED) is 0.597. The molecule has 1 rings (SSSR count). The van der Waals surface area contributed by atoms with E-state index in [1.165, 1.54) is 0 Å². The molecule has 0 aromatic rings. The fraction of sp³-hybridized carbons (Fsp3) is 0.818. The molecule has 0 fully saturated rings. The Morgan fingerprint density at radius 3 is 2.42 bits per heavy atom. The molecule has 1 N–H and O–H groups in total. The Kier molecular flexibility index (Phi) is 2.62. The lowest BCUT2D eigenvalue weighted by molar-refractivity contribution is 0.0196. The minimum Gasteiger partial charge on any atom is -0.393 e. The Morgan fingerprint density at radius 2 is 2.08 bits per heavy atom. The second-order valence-electron chi connectivity index (χ2n) is 4.75. The third-order valence-corrected chi connectivity index (χ3v) is 3.07. The van der Waals surface area contributed by atoms with Crippen molar-refractivity contribution >= 4 is 0 Å². The molecule has 1 aliphatic carbocycles. The lowest BCUT2D eigenvalue weighted by atomic mass is 9.65. The molecule has 3 unspecified atom stereocenters. The van der Waals surface area contributed by atoms with Crippen LogP contribution in [-0.4, -0.2) is 11.2 Å². The predicted octanol–water partition coefficient (Wildman–Crippen LogP) is 2.61. The maximum atomic E-state index is 9.65. The van der Waals surface area contributed by atoms with Gasteiger partial charge in [-0.2, -0.15) is 0 Å². The highest BCUT2D eigenvalue weighted by atomic mass is 16.3. The Balaban J connectivity index is 2.85. The molecule has 3 atom stereocenters. The van der Waals surface area contributed by atoms with Gasteiger partial charge in [0.05, 0.1) is 6.10 Å². The van der Waals surface area contributed by atoms with Gasteiger partial charge < -0.3 is 5.11 Å². The monoisotopic (exact) mass is 168 g/mol. The van der Waals surface area contributed by atoms with Crippen LogP contribution in [0.15, 0.2) is 12.2 Å². The Labute approximate surface area is 75.5 Å². The average molecular weight is 168 g/mol. The zero-order chi connectivity index (χ0) is 9.35. The highest BCUT2D eigenvalue weighted by Gasteiger charge is 2.37. The van der Waals surface area contributed by atoms with Crippen LogP contribution in [0.1, 0.15) is 34.1 Å². The van der Waals surface area contributed by atoms with Gasteiger partial charge in [-0.3, -0.25) is 0 Å². The average Bonchev–Trinajstić information content (AvgIpc) is 1.82. The summed E-state index contributed by atoms with van der Waals surface area (Å²) in [4.78, 5) is 0. The molecule has 0 heterocycles. The lowest BCUT2D eigenvalue weighted by Gasteiger charge is -2.41. The number of hydrogen-bond donors (Lipinski definition) is 1. The highest BCUT2D eigenvalue weighted by Crippen LogP contribution is 2.42. The van der Waals surface area contributed by atoms with Crippen molar-refractivity contribution in [1.82, 2.24) is 0 Å². The van der Waals surface area contributed by atoms with E-state index in [0.717, 1.165) is 6.42 Å². The van der Waals surface area contributed by atoms with Crippen molar-refractivity contribution in [3.8, 4) is 0 Å². The summed E-state index contributed by atoms with van der Waals surface area (Å²) in [6, 6.07) is 0. The van der Waals surface area contributed by atoms with Crippen LogP contribution in [0.2, 0.25) is 0 Å². The largest absolute Gasteiger partial charge is 0.393 e. The fourth-order valence-electron chi connectivity index (χ4n) is 2.65. The van der Waals surface area contributed by atoms with Crippen molar-refractivity contribution in [2.45, 2.75) is 40.2 Å². The van der Waals surface area contributed by atoms with Crippen molar-refractivity contribution in [1.29, 1.82) is 0 Å². The Bertz CT molecular complexity index is 179. The van der Waals surface area contributed by atoms with Gasteiger partial charge in [-0.25, -0.2) is 0 Å². The summed E-state index contributed by atoms with van der Waals surface area (Å²) in [7, 11) is 0. The Hall–Kier alpha value is -0.300. The van der Waals surface area contributed by atoms with Gasteiger partial charge in [-0.05, 0) is 30.6 Å². The molecule has 0 aliphatic heterocycles. The summed E-state index contributed by atoms with van der Waals surface area (Å²) < 4.78 is 0. The van der Waals surface area contributed by atoms with Crippen LogP contribution in [0.4, 0.5) is 0 Å². The molecule has 0 aromatic carbocycles. The normalized spacial score (nSPS) is 36.4. The molecular formula is C11H20O. The van der Waals surface area contributed by atoms with E-state index in [0.29, 0.717) is 11.8 Å². The molecule has 70 valence electrons. The predicted molar refractivity (Wildman–Crippen MR) is 51.9 cm³/mol. The first-order valence-corrected chi connectivity index (χ1v) is 4.80. The van der Waals surface area contributed by atoms with Crippen LogP contribution in [-0.2, 0) is 0 Å². The summed E-state index contributed by atoms with van der Waals surface area (Å²) in [6.07, 6.45) is 5.36. The van der Waals surface area contributed by atoms with E-state index in [4.69, 9.17) is 0 Å². The molecule has 1 aliphatic rings. The lowest BCUT2D eigenvalue weighted by Crippen LogP contribution is -2.38. The molecule has 0 amide bonds. The molecule has 1 heteroatoms. The van der Waals surface area contributed by atoms with Gasteiger partial charge in [0.25, 0.3) is 0 Å². The molecule has 0 saturated carbocycles. The van der Waals surface area contributed by atoms with Crippen molar-refractivity contribution in [2.75, 3.05) is 0 Å². The van der Waals surface area contributed by atoms with Crippen LogP contribution >= 0.6 is 0 Å². The van der Waals surface area contributed by atoms with Gasteiger partial charge in [-0.15, -0.1) is 0 Å². The molecule has 0 bridgehead atoms. The Morgan fingerprint density at radius 1 is 1.50 bits per heavy atom. The van der Waals surface area contributed by atoms with Crippen molar-refractivity contribution in [3.05, 3.63) is 12.2 Å². The van der Waals surface area contributed by atoms with Gasteiger partial charge >= 0.3 is 0 Å². The van der Waals surface area contributed by atoms with Gasteiger partial charge in [0.1, 0.15) is 0 Å². The molecule has 0 aromatic heterocycles. The van der Waals surface area contributed by atoms with E-state index >= 15 is 0 Å². The minimum atomic E-state index is -0.194. The van der Waals surface area contributed by atoms with Crippen molar-refractivity contribution < 1.29 is 5.11 Å². The van der Waals surface area contributed by atoms with Gasteiger partial charge in [0.15, 0.2) is 0 Å². The van der Waals surface area contributed by atoms with E-state index in [1.807, 2.05) is 6.92 Å². The number of rotatable bonds is 1. The third-order valence-electron chi connectivity index (χ3n) is 3.07. The molecular weight excluding hydrogens is 148 g/mol. The number of aliphatic hydroxyl groups excluding tert-OH is 1. The first-order valence-electron chi connectivity index (χ1n) is 4.80. The van der Waals surface area contributed by atoms with Gasteiger partial charge in [-0.1, -0.05) is 32.9 Å². The van der Waals surface area contributed by atoms with Crippen LogP contribution in [0, 0.1) is 17.3 Å². The van der Waals surface area contributed by atoms with E-state index in [2.05, 4.69) is 32.9 Å². The summed E-state index contributed by atoms with van der Waals surface area (Å²) in [5, 5.41) is 9.65. The minimum absolute atomic E-state index is 0.194. The third kappa shape index (κ3) is 1.71. The first-order chi connectivity index (χ1) is 5.45. The van der Waals surface area contributed by atoms with E-state index < -0.39 is 0 Å². The standard InChI is InChI=1S/C11H20O/c1-8-6-5-7-11(3,4)10(8)9(2)12/h5-6,8-10,12H,7H2,1-4H3. The van der Waals surface area contributed by atoms with E-state index in [1.54, 1.807) is 0 Å². The first kappa shape index (κ1) is 9.79. The van der Waals surface area contributed by atoms with E-state index in [9.17, 15) is 5.11 Å². The van der Waals surface area contributed by atoms with E-state index in [-0.39, 0.29) is 11.5 Å². The van der Waals surface area contributed by atoms with Crippen molar-refractivity contribution in [3.63, 3.8) is 0 Å². The topological polar surface area (TPSA) is 20.2 Å². The molecule has 12 heavy (non-hydrogen) atoms. The van der Waals surface area contributed by atoms with Crippen LogP contribution in [0.3, 0.4) is 0 Å². The summed E-state index contributed by atoms with van der Waals surface area (Å²) in [5.41, 5.74) is 0.252. The fourth-order valence-corrected chi connectivity index (χ4v) is 2.65. The maximum absolute atomic E-state index is 9.65. The zero-order valence-electron chi connectivity index (χ0n) is 8.54. The molecule has 1 nitrogen and oxygen atoms in total. The molecule has 0 saturated heterocycles. The van der Waals surface area contributed by atoms with Gasteiger partial charge in [0, 0.05) is 0 Å². The summed E-state index contributed by atoms with van der Waals surface area (Å²) in [5.74, 6) is 0.913. The molecule has 0 spiro atoms. The van der Waals surface area contributed by atoms with Gasteiger partial charge in [0.2, 0.25) is 0 Å². The van der Waals surface area contributed by atoms with Crippen LogP contribution in [0.5, 0.6) is 0 Å². The number of allylic oxidation sites excluding steroid dienone is 2.